The van der Waals surface area contributed by atoms with Crippen LogP contribution in [0.25, 0.3) is 11.4 Å². The lowest BCUT2D eigenvalue weighted by Gasteiger charge is -2.20. The third-order valence-corrected chi connectivity index (χ3v) is 3.85. The number of nitrogens with zero attached hydrogens (tertiary/aromatic N) is 4. The molecule has 1 aliphatic rings. The molecule has 0 amide bonds. The van der Waals surface area contributed by atoms with E-state index in [9.17, 15) is 15.2 Å². The molecule has 22 heavy (non-hydrogen) atoms. The van der Waals surface area contributed by atoms with E-state index in [0.29, 0.717) is 23.8 Å². The highest BCUT2D eigenvalue weighted by atomic mass is 16.6. The number of rotatable bonds is 5. The molecule has 2 aromatic rings. The first-order chi connectivity index (χ1) is 10.7. The molecule has 0 saturated carbocycles. The molecule has 1 atom stereocenters. The number of aromatic nitrogens is 2. The number of hydrogen-bond donors (Lipinski definition) is 1. The Balaban J connectivity index is 1.72. The molecule has 8 heteroatoms. The van der Waals surface area contributed by atoms with E-state index in [0.717, 1.165) is 19.4 Å². The summed E-state index contributed by atoms with van der Waals surface area (Å²) < 4.78 is 5.23. The number of benzene rings is 1. The van der Waals surface area contributed by atoms with Crippen molar-refractivity contribution in [2.75, 3.05) is 13.2 Å². The second-order valence-electron chi connectivity index (χ2n) is 5.26. The van der Waals surface area contributed by atoms with Crippen molar-refractivity contribution < 1.29 is 14.6 Å². The molecule has 1 aliphatic heterocycles. The van der Waals surface area contributed by atoms with E-state index in [1.54, 1.807) is 12.1 Å². The lowest BCUT2D eigenvalue weighted by molar-refractivity contribution is -0.384. The molecule has 0 spiro atoms. The maximum Gasteiger partial charge on any atom is 0.269 e. The number of aliphatic hydroxyl groups is 1. The summed E-state index contributed by atoms with van der Waals surface area (Å²) in [5.41, 5.74) is 0.691. The predicted molar refractivity (Wildman–Crippen MR) is 76.9 cm³/mol. The van der Waals surface area contributed by atoms with E-state index in [4.69, 9.17) is 4.52 Å². The van der Waals surface area contributed by atoms with Crippen LogP contribution in [0.1, 0.15) is 18.7 Å². The van der Waals surface area contributed by atoms with Gasteiger partial charge in [-0.2, -0.15) is 4.98 Å². The average molecular weight is 304 g/mol. The lowest BCUT2D eigenvalue weighted by atomic mass is 10.2. The summed E-state index contributed by atoms with van der Waals surface area (Å²) in [5, 5.41) is 23.8. The van der Waals surface area contributed by atoms with Gasteiger partial charge in [0.15, 0.2) is 0 Å². The van der Waals surface area contributed by atoms with E-state index in [1.807, 2.05) is 0 Å². The fraction of sp³-hybridized carbons (Fsp3) is 0.429. The van der Waals surface area contributed by atoms with Crippen LogP contribution < -0.4 is 0 Å². The van der Waals surface area contributed by atoms with Crippen LogP contribution in [0.2, 0.25) is 0 Å². The van der Waals surface area contributed by atoms with E-state index in [-0.39, 0.29) is 18.3 Å². The zero-order chi connectivity index (χ0) is 15.5. The largest absolute Gasteiger partial charge is 0.395 e. The highest BCUT2D eigenvalue weighted by Crippen LogP contribution is 2.22. The van der Waals surface area contributed by atoms with Gasteiger partial charge in [-0.05, 0) is 31.5 Å². The fourth-order valence-corrected chi connectivity index (χ4v) is 2.65. The van der Waals surface area contributed by atoms with Gasteiger partial charge in [0, 0.05) is 23.7 Å². The maximum atomic E-state index is 10.6. The first kappa shape index (κ1) is 14.6. The number of non-ortho nitro benzene ring substituents is 1. The Labute approximate surface area is 126 Å². The van der Waals surface area contributed by atoms with Gasteiger partial charge < -0.3 is 9.63 Å². The Morgan fingerprint density at radius 2 is 2.18 bits per heavy atom. The van der Waals surface area contributed by atoms with Crippen molar-refractivity contribution in [3.63, 3.8) is 0 Å². The highest BCUT2D eigenvalue weighted by molar-refractivity contribution is 5.56. The molecule has 0 aliphatic carbocycles. The molecule has 1 aromatic heterocycles. The highest BCUT2D eigenvalue weighted by Gasteiger charge is 2.25. The van der Waals surface area contributed by atoms with E-state index < -0.39 is 4.92 Å². The van der Waals surface area contributed by atoms with Crippen LogP contribution in [0, 0.1) is 10.1 Å². The van der Waals surface area contributed by atoms with Crippen LogP contribution in [0.3, 0.4) is 0 Å². The van der Waals surface area contributed by atoms with Crippen molar-refractivity contribution in [3.05, 3.63) is 40.3 Å². The minimum atomic E-state index is -0.451. The van der Waals surface area contributed by atoms with E-state index in [1.165, 1.54) is 12.1 Å². The SMILES string of the molecule is O=[N+]([O-])c1ccc(-c2noc(CN3CCCC3CO)n2)cc1. The zero-order valence-electron chi connectivity index (χ0n) is 11.9. The quantitative estimate of drug-likeness (QED) is 0.660. The summed E-state index contributed by atoms with van der Waals surface area (Å²) in [5.74, 6) is 0.887. The molecule has 3 rings (SSSR count). The van der Waals surface area contributed by atoms with Crippen LogP contribution in [0.4, 0.5) is 5.69 Å². The summed E-state index contributed by atoms with van der Waals surface area (Å²) in [6, 6.07) is 6.16. The third-order valence-electron chi connectivity index (χ3n) is 3.85. The fourth-order valence-electron chi connectivity index (χ4n) is 2.65. The second kappa shape index (κ2) is 6.20. The molecule has 2 heterocycles. The topological polar surface area (TPSA) is 106 Å². The van der Waals surface area contributed by atoms with Gasteiger partial charge >= 0.3 is 0 Å². The van der Waals surface area contributed by atoms with Crippen molar-refractivity contribution in [2.45, 2.75) is 25.4 Å². The maximum absolute atomic E-state index is 10.6. The number of likely N-dealkylation sites (tertiary alicyclic amines) is 1. The van der Waals surface area contributed by atoms with Gasteiger partial charge in [-0.1, -0.05) is 5.16 Å². The van der Waals surface area contributed by atoms with Crippen LogP contribution in [0.15, 0.2) is 28.8 Å². The molecule has 0 radical (unpaired) electrons. The summed E-state index contributed by atoms with van der Waals surface area (Å²) in [6.07, 6.45) is 2.02. The molecular weight excluding hydrogens is 288 g/mol. The predicted octanol–water partition coefficient (Wildman–Crippen LogP) is 1.60. The number of aliphatic hydroxyl groups excluding tert-OH is 1. The van der Waals surface area contributed by atoms with Crippen LogP contribution >= 0.6 is 0 Å². The molecular formula is C14H16N4O4. The standard InChI is InChI=1S/C14H16N4O4/c19-9-12-2-1-7-17(12)8-13-15-14(16-22-13)10-3-5-11(6-4-10)18(20)21/h3-6,12,19H,1-2,7-9H2. The van der Waals surface area contributed by atoms with Gasteiger partial charge in [-0.15, -0.1) is 0 Å². The number of nitro groups is 1. The van der Waals surface area contributed by atoms with Gasteiger partial charge in [-0.3, -0.25) is 15.0 Å². The van der Waals surface area contributed by atoms with Gasteiger partial charge in [-0.25, -0.2) is 0 Å². The van der Waals surface area contributed by atoms with Crippen molar-refractivity contribution >= 4 is 5.69 Å². The molecule has 1 fully saturated rings. The summed E-state index contributed by atoms with van der Waals surface area (Å²) in [6.45, 7) is 1.54. The van der Waals surface area contributed by atoms with Crippen molar-refractivity contribution in [2.24, 2.45) is 0 Å². The summed E-state index contributed by atoms with van der Waals surface area (Å²) in [7, 11) is 0. The monoisotopic (exact) mass is 304 g/mol. The van der Waals surface area contributed by atoms with Gasteiger partial charge in [0.2, 0.25) is 11.7 Å². The average Bonchev–Trinajstić information content (AvgIpc) is 3.17. The number of nitro benzene ring substituents is 1. The van der Waals surface area contributed by atoms with Crippen LogP contribution in [-0.2, 0) is 6.54 Å². The van der Waals surface area contributed by atoms with Crippen molar-refractivity contribution in [3.8, 4) is 11.4 Å². The first-order valence-electron chi connectivity index (χ1n) is 7.09. The third kappa shape index (κ3) is 2.97. The number of hydrogen-bond acceptors (Lipinski definition) is 7. The molecule has 1 aromatic carbocycles. The van der Waals surface area contributed by atoms with Gasteiger partial charge in [0.25, 0.3) is 5.69 Å². The molecule has 1 N–H and O–H groups in total. The summed E-state index contributed by atoms with van der Waals surface area (Å²) >= 11 is 0. The van der Waals surface area contributed by atoms with Crippen LogP contribution in [-0.4, -0.2) is 44.3 Å². The van der Waals surface area contributed by atoms with Crippen LogP contribution in [0.5, 0.6) is 0 Å². The minimum Gasteiger partial charge on any atom is -0.395 e. The Bertz CT molecular complexity index is 655. The van der Waals surface area contributed by atoms with Gasteiger partial charge in [0.05, 0.1) is 18.1 Å². The lowest BCUT2D eigenvalue weighted by Crippen LogP contribution is -2.31. The molecule has 116 valence electrons. The Kier molecular flexibility index (Phi) is 4.12. The van der Waals surface area contributed by atoms with Gasteiger partial charge in [0.1, 0.15) is 0 Å². The zero-order valence-corrected chi connectivity index (χ0v) is 11.9. The first-order valence-corrected chi connectivity index (χ1v) is 7.09. The molecule has 1 unspecified atom stereocenters. The Morgan fingerprint density at radius 3 is 2.86 bits per heavy atom. The van der Waals surface area contributed by atoms with Crippen molar-refractivity contribution in [1.29, 1.82) is 0 Å². The second-order valence-corrected chi connectivity index (χ2v) is 5.26. The van der Waals surface area contributed by atoms with E-state index >= 15 is 0 Å². The molecule has 1 saturated heterocycles. The smallest absolute Gasteiger partial charge is 0.269 e. The van der Waals surface area contributed by atoms with Crippen molar-refractivity contribution in [1.82, 2.24) is 15.0 Å². The minimum absolute atomic E-state index is 0.0234. The molecule has 8 nitrogen and oxygen atoms in total. The Morgan fingerprint density at radius 1 is 1.41 bits per heavy atom. The summed E-state index contributed by atoms with van der Waals surface area (Å²) in [4.78, 5) is 16.6. The normalized spacial score (nSPS) is 18.7. The Hall–Kier alpha value is -2.32. The van der Waals surface area contributed by atoms with E-state index in [2.05, 4.69) is 15.0 Å². The molecule has 0 bridgehead atoms.